The minimum Gasteiger partial charge on any atom is -0.449 e. The average Bonchev–Trinajstić information content (AvgIpc) is 2.28. The van der Waals surface area contributed by atoms with E-state index in [-0.39, 0.29) is 18.7 Å². The zero-order chi connectivity index (χ0) is 13.8. The summed E-state index contributed by atoms with van der Waals surface area (Å²) in [6.07, 6.45) is 1.47. The van der Waals surface area contributed by atoms with Crippen LogP contribution in [-0.4, -0.2) is 44.1 Å². The molecule has 1 amide bonds. The number of rotatable bonds is 4. The summed E-state index contributed by atoms with van der Waals surface area (Å²) in [5, 5.41) is 0. The summed E-state index contributed by atoms with van der Waals surface area (Å²) in [5.74, 6) is 0. The Morgan fingerprint density at radius 3 is 2.78 bits per heavy atom. The Labute approximate surface area is 108 Å². The lowest BCUT2D eigenvalue weighted by molar-refractivity contribution is 0.156. The fourth-order valence-corrected chi connectivity index (χ4v) is 3.49. The van der Waals surface area contributed by atoms with Crippen LogP contribution < -0.4 is 10.5 Å². The fourth-order valence-electron chi connectivity index (χ4n) is 2.08. The van der Waals surface area contributed by atoms with Gasteiger partial charge < -0.3 is 10.5 Å². The Kier molecular flexibility index (Phi) is 5.36. The predicted octanol–water partition coefficient (Wildman–Crippen LogP) is 0.179. The maximum atomic E-state index is 12.0. The van der Waals surface area contributed by atoms with E-state index in [0.717, 1.165) is 12.8 Å². The highest BCUT2D eigenvalue weighted by Gasteiger charge is 2.35. The van der Waals surface area contributed by atoms with E-state index in [0.29, 0.717) is 13.0 Å². The molecule has 1 fully saturated rings. The highest BCUT2D eigenvalue weighted by atomic mass is 32.2. The quantitative estimate of drug-likeness (QED) is 0.764. The van der Waals surface area contributed by atoms with Crippen LogP contribution in [0.25, 0.3) is 0 Å². The van der Waals surface area contributed by atoms with E-state index in [2.05, 4.69) is 4.74 Å². The molecule has 106 valence electrons. The van der Waals surface area contributed by atoms with Crippen LogP contribution in [0, 0.1) is 0 Å². The van der Waals surface area contributed by atoms with Gasteiger partial charge in [0, 0.05) is 18.6 Å². The molecule has 3 N–H and O–H groups in total. The monoisotopic (exact) mass is 279 g/mol. The molecule has 0 bridgehead atoms. The summed E-state index contributed by atoms with van der Waals surface area (Å²) in [5.41, 5.74) is 5.79. The number of hydrogen-bond acceptors (Lipinski definition) is 5. The van der Waals surface area contributed by atoms with Gasteiger partial charge in [-0.1, -0.05) is 6.42 Å². The first-order valence-corrected chi connectivity index (χ1v) is 7.54. The third-order valence-electron chi connectivity index (χ3n) is 2.90. The van der Waals surface area contributed by atoms with Crippen molar-refractivity contribution in [1.82, 2.24) is 9.03 Å². The molecule has 8 heteroatoms. The van der Waals surface area contributed by atoms with Crippen molar-refractivity contribution in [3.8, 4) is 0 Å². The standard InChI is InChI=1S/C10H21N3O4S/c1-3-17-10(14)12-18(15,16)13-7-5-4-6-9(13)8(2)11/h8-9H,3-7,11H2,1-2H3,(H,12,14). The fraction of sp³-hybridized carbons (Fsp3) is 0.900. The Hall–Kier alpha value is -0.860. The molecule has 1 heterocycles. The molecular weight excluding hydrogens is 258 g/mol. The number of hydrogen-bond donors (Lipinski definition) is 2. The average molecular weight is 279 g/mol. The van der Waals surface area contributed by atoms with Crippen LogP contribution in [0.5, 0.6) is 0 Å². The molecule has 2 unspecified atom stereocenters. The van der Waals surface area contributed by atoms with Crippen molar-refractivity contribution < 1.29 is 17.9 Å². The number of amides is 1. The maximum absolute atomic E-state index is 12.0. The summed E-state index contributed by atoms with van der Waals surface area (Å²) in [6, 6.07) is -0.547. The molecule has 7 nitrogen and oxygen atoms in total. The van der Waals surface area contributed by atoms with E-state index in [1.165, 1.54) is 4.31 Å². The molecule has 0 aromatic heterocycles. The number of nitrogens with zero attached hydrogens (tertiary/aromatic N) is 1. The smallest absolute Gasteiger partial charge is 0.421 e. The van der Waals surface area contributed by atoms with Crippen molar-refractivity contribution in [2.75, 3.05) is 13.2 Å². The van der Waals surface area contributed by atoms with Gasteiger partial charge in [-0.3, -0.25) is 0 Å². The first kappa shape index (κ1) is 15.2. The normalized spacial score (nSPS) is 23.4. The molecule has 1 aliphatic rings. The summed E-state index contributed by atoms with van der Waals surface area (Å²) < 4.78 is 31.8. The van der Waals surface area contributed by atoms with E-state index in [1.54, 1.807) is 13.8 Å². The molecule has 18 heavy (non-hydrogen) atoms. The number of carbonyl (C=O) groups excluding carboxylic acids is 1. The van der Waals surface area contributed by atoms with Gasteiger partial charge in [-0.05, 0) is 26.7 Å². The van der Waals surface area contributed by atoms with Gasteiger partial charge in [-0.25, -0.2) is 9.52 Å². The van der Waals surface area contributed by atoms with Gasteiger partial charge >= 0.3 is 16.3 Å². The van der Waals surface area contributed by atoms with Crippen molar-refractivity contribution in [1.29, 1.82) is 0 Å². The lowest BCUT2D eigenvalue weighted by Crippen LogP contribution is -2.55. The molecule has 0 aromatic carbocycles. The molecule has 1 aliphatic heterocycles. The minimum atomic E-state index is -3.87. The van der Waals surface area contributed by atoms with Crippen LogP contribution in [0.1, 0.15) is 33.1 Å². The molecule has 2 atom stereocenters. The zero-order valence-electron chi connectivity index (χ0n) is 10.8. The molecular formula is C10H21N3O4S. The van der Waals surface area contributed by atoms with E-state index < -0.39 is 16.3 Å². The van der Waals surface area contributed by atoms with Crippen molar-refractivity contribution in [3.05, 3.63) is 0 Å². The van der Waals surface area contributed by atoms with Crippen LogP contribution in [-0.2, 0) is 14.9 Å². The van der Waals surface area contributed by atoms with Gasteiger partial charge in [0.05, 0.1) is 6.61 Å². The van der Waals surface area contributed by atoms with Crippen LogP contribution >= 0.6 is 0 Å². The Bertz CT molecular complexity index is 383. The summed E-state index contributed by atoms with van der Waals surface area (Å²) >= 11 is 0. The van der Waals surface area contributed by atoms with Crippen molar-refractivity contribution >= 4 is 16.3 Å². The predicted molar refractivity (Wildman–Crippen MR) is 67.1 cm³/mol. The number of nitrogens with one attached hydrogen (secondary N) is 1. The number of piperidine rings is 1. The first-order chi connectivity index (χ1) is 8.38. The van der Waals surface area contributed by atoms with Crippen LogP contribution in [0.15, 0.2) is 0 Å². The molecule has 0 aliphatic carbocycles. The minimum absolute atomic E-state index is 0.123. The van der Waals surface area contributed by atoms with Gasteiger partial charge in [0.15, 0.2) is 0 Å². The second-order valence-corrected chi connectivity index (χ2v) is 5.98. The molecule has 0 spiro atoms. The highest BCUT2D eigenvalue weighted by molar-refractivity contribution is 7.87. The number of ether oxygens (including phenoxy) is 1. The van der Waals surface area contributed by atoms with Gasteiger partial charge in [0.2, 0.25) is 0 Å². The van der Waals surface area contributed by atoms with Crippen molar-refractivity contribution in [2.24, 2.45) is 5.73 Å². The third kappa shape index (κ3) is 3.82. The van der Waals surface area contributed by atoms with Gasteiger partial charge in [-0.2, -0.15) is 12.7 Å². The summed E-state index contributed by atoms with van der Waals surface area (Å²) in [7, 11) is -3.87. The molecule has 1 saturated heterocycles. The van der Waals surface area contributed by atoms with Crippen LogP contribution in [0.3, 0.4) is 0 Å². The Morgan fingerprint density at radius 2 is 2.22 bits per heavy atom. The summed E-state index contributed by atoms with van der Waals surface area (Å²) in [4.78, 5) is 11.2. The lowest BCUT2D eigenvalue weighted by atomic mass is 10.00. The van der Waals surface area contributed by atoms with Gasteiger partial charge in [0.25, 0.3) is 0 Å². The van der Waals surface area contributed by atoms with E-state index in [4.69, 9.17) is 5.73 Å². The maximum Gasteiger partial charge on any atom is 0.421 e. The van der Waals surface area contributed by atoms with Crippen molar-refractivity contribution in [3.63, 3.8) is 0 Å². The number of carbonyl (C=O) groups is 1. The van der Waals surface area contributed by atoms with E-state index in [1.807, 2.05) is 4.72 Å². The van der Waals surface area contributed by atoms with Gasteiger partial charge in [-0.15, -0.1) is 0 Å². The highest BCUT2D eigenvalue weighted by Crippen LogP contribution is 2.21. The lowest BCUT2D eigenvalue weighted by Gasteiger charge is -2.36. The van der Waals surface area contributed by atoms with Crippen LogP contribution in [0.2, 0.25) is 0 Å². The topological polar surface area (TPSA) is 102 Å². The summed E-state index contributed by atoms with van der Waals surface area (Å²) in [6.45, 7) is 3.87. The van der Waals surface area contributed by atoms with Gasteiger partial charge in [0.1, 0.15) is 0 Å². The largest absolute Gasteiger partial charge is 0.449 e. The number of nitrogens with two attached hydrogens (primary N) is 1. The molecule has 0 saturated carbocycles. The Morgan fingerprint density at radius 1 is 1.56 bits per heavy atom. The SMILES string of the molecule is CCOC(=O)NS(=O)(=O)N1CCCCC1C(C)N. The first-order valence-electron chi connectivity index (χ1n) is 6.10. The van der Waals surface area contributed by atoms with E-state index >= 15 is 0 Å². The molecule has 0 radical (unpaired) electrons. The second-order valence-electron chi connectivity index (χ2n) is 4.36. The van der Waals surface area contributed by atoms with Crippen molar-refractivity contribution in [2.45, 2.75) is 45.2 Å². The molecule has 1 rings (SSSR count). The Balaban J connectivity index is 2.78. The molecule has 0 aromatic rings. The third-order valence-corrected chi connectivity index (χ3v) is 4.40. The van der Waals surface area contributed by atoms with E-state index in [9.17, 15) is 13.2 Å². The zero-order valence-corrected chi connectivity index (χ0v) is 11.6. The second kappa shape index (κ2) is 6.35. The van der Waals surface area contributed by atoms with Crippen LogP contribution in [0.4, 0.5) is 4.79 Å².